The minimum absolute atomic E-state index is 0. The van der Waals surface area contributed by atoms with E-state index in [1.807, 2.05) is 54.9 Å². The zero-order chi connectivity index (χ0) is 22.2. The number of guanidine groups is 1. The van der Waals surface area contributed by atoms with Crippen LogP contribution in [0.25, 0.3) is 0 Å². The number of aliphatic imine (C=N–C) groups is 1. The molecule has 32 heavy (non-hydrogen) atoms. The van der Waals surface area contributed by atoms with Crippen LogP contribution in [0.1, 0.15) is 35.7 Å². The van der Waals surface area contributed by atoms with Crippen LogP contribution in [-0.4, -0.2) is 34.9 Å². The molecule has 0 saturated heterocycles. The Morgan fingerprint density at radius 1 is 1.06 bits per heavy atom. The Balaban J connectivity index is 0.00000363. The van der Waals surface area contributed by atoms with Gasteiger partial charge in [-0.25, -0.2) is 4.99 Å². The molecule has 0 radical (unpaired) electrons. The first kappa shape index (κ1) is 25.4. The standard InChI is InChI=1S/C23H30N6O2.HI/c1-16(19-9-7-6-8-10-19)26-23(25-15-22-28-27-17(2)29(22)3)24-14-18-11-12-20(30-4)21(13-18)31-5;/h6-13,16H,14-15H2,1-5H3,(H2,24,25,26);1H. The van der Waals surface area contributed by atoms with Crippen molar-refractivity contribution in [2.24, 2.45) is 12.0 Å². The Hall–Kier alpha value is -2.82. The summed E-state index contributed by atoms with van der Waals surface area (Å²) in [5, 5.41) is 15.2. The van der Waals surface area contributed by atoms with Gasteiger partial charge in [-0.05, 0) is 37.1 Å². The van der Waals surface area contributed by atoms with Gasteiger partial charge in [0.05, 0.1) is 33.4 Å². The third-order valence-corrected chi connectivity index (χ3v) is 5.12. The van der Waals surface area contributed by atoms with Gasteiger partial charge in [-0.3, -0.25) is 0 Å². The summed E-state index contributed by atoms with van der Waals surface area (Å²) in [5.41, 5.74) is 2.19. The molecule has 1 unspecified atom stereocenters. The molecular weight excluding hydrogens is 519 g/mol. The number of hydrogen-bond acceptors (Lipinski definition) is 5. The predicted molar refractivity (Wildman–Crippen MR) is 137 cm³/mol. The Kier molecular flexibility index (Phi) is 9.76. The van der Waals surface area contributed by atoms with Gasteiger partial charge < -0.3 is 24.7 Å². The molecular formula is C23H31IN6O2. The van der Waals surface area contributed by atoms with Crippen molar-refractivity contribution >= 4 is 29.9 Å². The molecule has 1 aromatic heterocycles. The number of aromatic nitrogens is 3. The Bertz CT molecular complexity index is 1020. The van der Waals surface area contributed by atoms with E-state index in [4.69, 9.17) is 14.5 Å². The van der Waals surface area contributed by atoms with Crippen LogP contribution in [0, 0.1) is 6.92 Å². The smallest absolute Gasteiger partial charge is 0.192 e. The number of nitrogens with zero attached hydrogens (tertiary/aromatic N) is 4. The maximum atomic E-state index is 5.40. The molecule has 0 amide bonds. The van der Waals surface area contributed by atoms with Crippen molar-refractivity contribution in [2.75, 3.05) is 14.2 Å². The monoisotopic (exact) mass is 550 g/mol. The molecule has 0 aliphatic carbocycles. The lowest BCUT2D eigenvalue weighted by Gasteiger charge is -2.19. The SMILES string of the molecule is COc1ccc(CN=C(NCc2nnc(C)n2C)NC(C)c2ccccc2)cc1OC.I. The van der Waals surface area contributed by atoms with Gasteiger partial charge >= 0.3 is 0 Å². The van der Waals surface area contributed by atoms with Crippen LogP contribution >= 0.6 is 24.0 Å². The normalized spacial score (nSPS) is 12.0. The van der Waals surface area contributed by atoms with Crippen molar-refractivity contribution in [2.45, 2.75) is 33.0 Å². The third kappa shape index (κ3) is 6.59. The highest BCUT2D eigenvalue weighted by molar-refractivity contribution is 14.0. The summed E-state index contributed by atoms with van der Waals surface area (Å²) >= 11 is 0. The molecule has 0 bridgehead atoms. The molecule has 0 fully saturated rings. The van der Waals surface area contributed by atoms with Crippen molar-refractivity contribution in [3.05, 3.63) is 71.3 Å². The molecule has 2 aromatic carbocycles. The van der Waals surface area contributed by atoms with Crippen LogP contribution in [0.2, 0.25) is 0 Å². The van der Waals surface area contributed by atoms with Crippen molar-refractivity contribution in [3.63, 3.8) is 0 Å². The molecule has 0 spiro atoms. The van der Waals surface area contributed by atoms with Crippen LogP contribution in [0.5, 0.6) is 11.5 Å². The number of ether oxygens (including phenoxy) is 2. The number of nitrogens with one attached hydrogen (secondary N) is 2. The van der Waals surface area contributed by atoms with E-state index < -0.39 is 0 Å². The van der Waals surface area contributed by atoms with Gasteiger partial charge in [0.15, 0.2) is 23.3 Å². The predicted octanol–water partition coefficient (Wildman–Crippen LogP) is 3.76. The van der Waals surface area contributed by atoms with E-state index in [1.165, 1.54) is 5.56 Å². The maximum Gasteiger partial charge on any atom is 0.192 e. The van der Waals surface area contributed by atoms with Gasteiger partial charge in [0.25, 0.3) is 0 Å². The highest BCUT2D eigenvalue weighted by Crippen LogP contribution is 2.27. The molecule has 1 atom stereocenters. The zero-order valence-corrected chi connectivity index (χ0v) is 21.5. The van der Waals surface area contributed by atoms with Crippen LogP contribution in [-0.2, 0) is 20.1 Å². The summed E-state index contributed by atoms with van der Waals surface area (Å²) in [6.45, 7) is 5.03. The molecule has 3 aromatic rings. The fourth-order valence-electron chi connectivity index (χ4n) is 3.10. The van der Waals surface area contributed by atoms with E-state index in [2.05, 4.69) is 39.9 Å². The van der Waals surface area contributed by atoms with Gasteiger partial charge in [-0.2, -0.15) is 0 Å². The first-order valence-corrected chi connectivity index (χ1v) is 10.2. The fourth-order valence-corrected chi connectivity index (χ4v) is 3.10. The molecule has 0 saturated carbocycles. The fraction of sp³-hybridized carbons (Fsp3) is 0.348. The summed E-state index contributed by atoms with van der Waals surface area (Å²) in [6, 6.07) is 16.1. The average Bonchev–Trinajstić information content (AvgIpc) is 3.13. The summed E-state index contributed by atoms with van der Waals surface area (Å²) in [4.78, 5) is 4.78. The first-order chi connectivity index (χ1) is 15.0. The molecule has 3 rings (SSSR count). The lowest BCUT2D eigenvalue weighted by Crippen LogP contribution is -2.39. The van der Waals surface area contributed by atoms with Gasteiger partial charge in [0.1, 0.15) is 5.82 Å². The molecule has 9 heteroatoms. The average molecular weight is 550 g/mol. The van der Waals surface area contributed by atoms with E-state index in [-0.39, 0.29) is 30.0 Å². The van der Waals surface area contributed by atoms with E-state index in [0.29, 0.717) is 30.5 Å². The number of methoxy groups -OCH3 is 2. The number of halogens is 1. The molecule has 172 valence electrons. The maximum absolute atomic E-state index is 5.40. The van der Waals surface area contributed by atoms with Gasteiger partial charge in [-0.1, -0.05) is 36.4 Å². The van der Waals surface area contributed by atoms with E-state index >= 15 is 0 Å². The third-order valence-electron chi connectivity index (χ3n) is 5.12. The molecule has 8 nitrogen and oxygen atoms in total. The van der Waals surface area contributed by atoms with Gasteiger partial charge in [0, 0.05) is 7.05 Å². The van der Waals surface area contributed by atoms with Crippen molar-refractivity contribution < 1.29 is 9.47 Å². The zero-order valence-electron chi connectivity index (χ0n) is 19.1. The number of aryl methyl sites for hydroxylation is 1. The summed E-state index contributed by atoms with van der Waals surface area (Å²) in [7, 11) is 5.21. The highest BCUT2D eigenvalue weighted by Gasteiger charge is 2.11. The molecule has 1 heterocycles. The van der Waals surface area contributed by atoms with Crippen LogP contribution < -0.4 is 20.1 Å². The Morgan fingerprint density at radius 2 is 1.78 bits per heavy atom. The second-order valence-corrected chi connectivity index (χ2v) is 7.21. The van der Waals surface area contributed by atoms with E-state index in [0.717, 1.165) is 17.2 Å². The second-order valence-electron chi connectivity index (χ2n) is 7.21. The summed E-state index contributed by atoms with van der Waals surface area (Å²) < 4.78 is 12.7. The van der Waals surface area contributed by atoms with Crippen molar-refractivity contribution in [1.29, 1.82) is 0 Å². The number of benzene rings is 2. The van der Waals surface area contributed by atoms with E-state index in [1.54, 1.807) is 14.2 Å². The van der Waals surface area contributed by atoms with Gasteiger partial charge in [-0.15, -0.1) is 34.2 Å². The van der Waals surface area contributed by atoms with Gasteiger partial charge in [0.2, 0.25) is 0 Å². The second kappa shape index (κ2) is 12.3. The van der Waals surface area contributed by atoms with Crippen LogP contribution in [0.15, 0.2) is 53.5 Å². The Labute approximate surface area is 206 Å². The van der Waals surface area contributed by atoms with Crippen molar-refractivity contribution in [3.8, 4) is 11.5 Å². The van der Waals surface area contributed by atoms with Crippen LogP contribution in [0.3, 0.4) is 0 Å². The topological polar surface area (TPSA) is 85.6 Å². The minimum Gasteiger partial charge on any atom is -0.493 e. The van der Waals surface area contributed by atoms with Crippen molar-refractivity contribution in [1.82, 2.24) is 25.4 Å². The minimum atomic E-state index is 0. The molecule has 0 aliphatic heterocycles. The van der Waals surface area contributed by atoms with Crippen LogP contribution in [0.4, 0.5) is 0 Å². The summed E-state index contributed by atoms with van der Waals surface area (Å²) in [6.07, 6.45) is 0. The highest BCUT2D eigenvalue weighted by atomic mass is 127. The quantitative estimate of drug-likeness (QED) is 0.253. The largest absolute Gasteiger partial charge is 0.493 e. The summed E-state index contributed by atoms with van der Waals surface area (Å²) in [5.74, 6) is 3.77. The number of hydrogen-bond donors (Lipinski definition) is 2. The van der Waals surface area contributed by atoms with E-state index in [9.17, 15) is 0 Å². The Morgan fingerprint density at radius 3 is 2.41 bits per heavy atom. The lowest BCUT2D eigenvalue weighted by molar-refractivity contribution is 0.354. The molecule has 2 N–H and O–H groups in total. The lowest BCUT2D eigenvalue weighted by atomic mass is 10.1. The molecule has 0 aliphatic rings. The first-order valence-electron chi connectivity index (χ1n) is 10.2. The number of rotatable bonds is 8.